The number of halogens is 3. The second kappa shape index (κ2) is 13.6. The van der Waals surface area contributed by atoms with Gasteiger partial charge in [-0.3, -0.25) is 4.90 Å². The number of ether oxygens (including phenoxy) is 2. The van der Waals surface area contributed by atoms with E-state index in [1.807, 2.05) is 48.2 Å². The molecule has 0 aliphatic carbocycles. The minimum atomic E-state index is -4.54. The van der Waals surface area contributed by atoms with E-state index in [1.165, 1.54) is 6.07 Å². The van der Waals surface area contributed by atoms with Crippen molar-refractivity contribution in [1.29, 1.82) is 5.26 Å². The molecule has 10 nitrogen and oxygen atoms in total. The van der Waals surface area contributed by atoms with Gasteiger partial charge in [0.05, 0.1) is 23.4 Å². The zero-order chi connectivity index (χ0) is 34.7. The third-order valence-corrected chi connectivity index (χ3v) is 8.50. The largest absolute Gasteiger partial charge is 0.478 e. The molecule has 254 valence electrons. The van der Waals surface area contributed by atoms with Crippen molar-refractivity contribution in [3.8, 4) is 23.1 Å². The van der Waals surface area contributed by atoms with E-state index < -0.39 is 28.8 Å². The molecule has 1 aromatic heterocycles. The van der Waals surface area contributed by atoms with Gasteiger partial charge in [-0.1, -0.05) is 12.1 Å². The number of alkyl carbamates (subject to hydrolysis) is 1. The number of anilines is 2. The Labute approximate surface area is 277 Å². The molecule has 0 atom stereocenters. The Morgan fingerprint density at radius 1 is 1.02 bits per heavy atom. The van der Waals surface area contributed by atoms with E-state index in [2.05, 4.69) is 15.6 Å². The number of hydrogen-bond acceptors (Lipinski definition) is 7. The van der Waals surface area contributed by atoms with E-state index in [9.17, 15) is 28.0 Å². The minimum absolute atomic E-state index is 0.0280. The Balaban J connectivity index is 1.39. The fourth-order valence-electron chi connectivity index (χ4n) is 6.31. The summed E-state index contributed by atoms with van der Waals surface area (Å²) in [5, 5.41) is 15.2. The number of alkyl halides is 3. The van der Waals surface area contributed by atoms with Gasteiger partial charge in [0.1, 0.15) is 11.7 Å². The SMILES string of the molecule is CCOc1ncccc1-c1ccc2c(c1)N(C(=O)NCCNC(=O)OC(C)(C)C)CC21CCN(c2ccc(C(F)(F)F)cc2C#N)CC1. The number of nitrogens with one attached hydrogen (secondary N) is 2. The number of pyridine rings is 1. The van der Waals surface area contributed by atoms with E-state index in [-0.39, 0.29) is 24.7 Å². The summed E-state index contributed by atoms with van der Waals surface area (Å²) in [6.45, 7) is 9.30. The number of nitrogens with zero attached hydrogens (tertiary/aromatic N) is 4. The van der Waals surface area contributed by atoms with E-state index >= 15 is 0 Å². The van der Waals surface area contributed by atoms with Crippen molar-refractivity contribution in [2.45, 2.75) is 57.7 Å². The van der Waals surface area contributed by atoms with Crippen molar-refractivity contribution < 1.29 is 32.2 Å². The summed E-state index contributed by atoms with van der Waals surface area (Å²) in [6, 6.07) is 14.6. The molecule has 3 amide bonds. The van der Waals surface area contributed by atoms with E-state index in [0.717, 1.165) is 34.5 Å². The first-order chi connectivity index (χ1) is 22.7. The molecule has 1 saturated heterocycles. The number of benzene rings is 2. The number of carbonyl (C=O) groups is 2. The first-order valence-electron chi connectivity index (χ1n) is 15.9. The lowest BCUT2D eigenvalue weighted by atomic mass is 9.74. The molecular weight excluding hydrogens is 625 g/mol. The Morgan fingerprint density at radius 2 is 1.75 bits per heavy atom. The van der Waals surface area contributed by atoms with Crippen molar-refractivity contribution in [3.05, 3.63) is 71.4 Å². The van der Waals surface area contributed by atoms with Gasteiger partial charge >= 0.3 is 18.3 Å². The van der Waals surface area contributed by atoms with Gasteiger partial charge in [0.2, 0.25) is 5.88 Å². The van der Waals surface area contributed by atoms with Gasteiger partial charge in [0.25, 0.3) is 0 Å². The molecule has 2 N–H and O–H groups in total. The number of fused-ring (bicyclic) bond motifs is 2. The number of urea groups is 1. The monoisotopic (exact) mass is 664 g/mol. The summed E-state index contributed by atoms with van der Waals surface area (Å²) in [4.78, 5) is 33.8. The van der Waals surface area contributed by atoms with Gasteiger partial charge in [-0.15, -0.1) is 0 Å². The molecule has 3 heterocycles. The quantitative estimate of drug-likeness (QED) is 0.272. The van der Waals surface area contributed by atoms with Crippen LogP contribution in [0.2, 0.25) is 0 Å². The number of carbonyl (C=O) groups excluding carboxylic acids is 2. The number of nitriles is 1. The highest BCUT2D eigenvalue weighted by atomic mass is 19.4. The van der Waals surface area contributed by atoms with Crippen molar-refractivity contribution in [2.24, 2.45) is 0 Å². The average molecular weight is 665 g/mol. The van der Waals surface area contributed by atoms with Crippen LogP contribution in [0.15, 0.2) is 54.7 Å². The van der Waals surface area contributed by atoms with Gasteiger partial charge in [-0.05, 0) is 88.1 Å². The van der Waals surface area contributed by atoms with Crippen molar-refractivity contribution >= 4 is 23.5 Å². The second-order valence-corrected chi connectivity index (χ2v) is 12.9. The molecule has 0 saturated carbocycles. The molecule has 0 bridgehead atoms. The summed E-state index contributed by atoms with van der Waals surface area (Å²) >= 11 is 0. The van der Waals surface area contributed by atoms with Crippen LogP contribution >= 0.6 is 0 Å². The predicted molar refractivity (Wildman–Crippen MR) is 175 cm³/mol. The van der Waals surface area contributed by atoms with Crippen LogP contribution in [0.1, 0.15) is 57.2 Å². The molecule has 13 heteroatoms. The molecule has 48 heavy (non-hydrogen) atoms. The first kappa shape index (κ1) is 34.3. The fourth-order valence-corrected chi connectivity index (χ4v) is 6.31. The third kappa shape index (κ3) is 7.43. The fraction of sp³-hybridized carbons (Fsp3) is 0.429. The summed E-state index contributed by atoms with van der Waals surface area (Å²) in [7, 11) is 0. The summed E-state index contributed by atoms with van der Waals surface area (Å²) in [5.74, 6) is 0.482. The van der Waals surface area contributed by atoms with Gasteiger partial charge < -0.3 is 25.0 Å². The highest BCUT2D eigenvalue weighted by molar-refractivity contribution is 5.96. The minimum Gasteiger partial charge on any atom is -0.478 e. The Kier molecular flexibility index (Phi) is 9.75. The standard InChI is InChI=1S/C35H39F3N6O4/c1-5-47-30-26(7-6-14-40-30)23-8-10-27-29(20-23)44(31(45)41-15-16-42-32(46)48-33(2,3)4)22-34(27)12-17-43(18-13-34)28-11-9-25(35(36,37)38)19-24(28)21-39/h6-11,14,19-20H,5,12-13,15-18,22H2,1-4H3,(H,41,45)(H,42,46). The molecule has 2 aliphatic heterocycles. The highest BCUT2D eigenvalue weighted by Gasteiger charge is 2.47. The first-order valence-corrected chi connectivity index (χ1v) is 15.9. The summed E-state index contributed by atoms with van der Waals surface area (Å²) < 4.78 is 51.0. The molecule has 0 radical (unpaired) electrons. The van der Waals surface area contributed by atoms with Crippen LogP contribution in [0, 0.1) is 11.3 Å². The van der Waals surface area contributed by atoms with Crippen molar-refractivity contribution in [1.82, 2.24) is 15.6 Å². The lowest BCUT2D eigenvalue weighted by Gasteiger charge is -2.41. The van der Waals surface area contributed by atoms with Crippen molar-refractivity contribution in [2.75, 3.05) is 49.1 Å². The number of aromatic nitrogens is 1. The molecule has 2 aliphatic rings. The smallest absolute Gasteiger partial charge is 0.416 e. The lowest BCUT2D eigenvalue weighted by Crippen LogP contribution is -2.48. The van der Waals surface area contributed by atoms with E-state index in [1.54, 1.807) is 31.9 Å². The maximum atomic E-state index is 13.7. The molecule has 1 fully saturated rings. The van der Waals surface area contributed by atoms with Crippen LogP contribution in [0.3, 0.4) is 0 Å². The third-order valence-electron chi connectivity index (χ3n) is 8.50. The summed E-state index contributed by atoms with van der Waals surface area (Å²) in [6.07, 6.45) is -2.26. The Hall–Kier alpha value is -4.99. The van der Waals surface area contributed by atoms with Gasteiger partial charge in [0, 0.05) is 55.6 Å². The molecule has 5 rings (SSSR count). The maximum Gasteiger partial charge on any atom is 0.416 e. The van der Waals surface area contributed by atoms with Gasteiger partial charge in [0.15, 0.2) is 0 Å². The number of amides is 3. The predicted octanol–water partition coefficient (Wildman–Crippen LogP) is 6.63. The Morgan fingerprint density at radius 3 is 2.42 bits per heavy atom. The zero-order valence-corrected chi connectivity index (χ0v) is 27.4. The Bertz CT molecular complexity index is 1710. The van der Waals surface area contributed by atoms with Crippen LogP contribution in [-0.2, 0) is 16.3 Å². The number of hydrogen-bond donors (Lipinski definition) is 2. The van der Waals surface area contributed by atoms with Gasteiger partial charge in [-0.2, -0.15) is 18.4 Å². The van der Waals surface area contributed by atoms with Crippen LogP contribution in [0.25, 0.3) is 11.1 Å². The maximum absolute atomic E-state index is 13.7. The molecule has 1 spiro atoms. The van der Waals surface area contributed by atoms with E-state index in [4.69, 9.17) is 9.47 Å². The highest BCUT2D eigenvalue weighted by Crippen LogP contribution is 2.49. The molecule has 2 aromatic carbocycles. The van der Waals surface area contributed by atoms with Gasteiger partial charge in [-0.25, -0.2) is 14.6 Å². The van der Waals surface area contributed by atoms with Crippen LogP contribution in [0.4, 0.5) is 34.1 Å². The van der Waals surface area contributed by atoms with E-state index in [0.29, 0.717) is 50.7 Å². The summed E-state index contributed by atoms with van der Waals surface area (Å²) in [5.41, 5.74) is 1.83. The van der Waals surface area contributed by atoms with Crippen LogP contribution < -0.4 is 25.2 Å². The second-order valence-electron chi connectivity index (χ2n) is 12.9. The normalized spacial score (nSPS) is 15.5. The topological polar surface area (TPSA) is 120 Å². The lowest BCUT2D eigenvalue weighted by molar-refractivity contribution is -0.137. The molecular formula is C35H39F3N6O4. The zero-order valence-electron chi connectivity index (χ0n) is 27.4. The van der Waals surface area contributed by atoms with Crippen molar-refractivity contribution in [3.63, 3.8) is 0 Å². The van der Waals surface area contributed by atoms with Crippen LogP contribution in [0.5, 0.6) is 5.88 Å². The molecule has 0 unspecified atom stereocenters. The molecule has 3 aromatic rings. The average Bonchev–Trinajstić information content (AvgIpc) is 3.35. The van der Waals surface area contributed by atoms with Crippen LogP contribution in [-0.4, -0.2) is 62.0 Å². The number of piperidine rings is 1. The number of rotatable bonds is 7.